The molecular weight excluding hydrogens is 158 g/mol. The number of carboxylic acid groups (broad SMARTS) is 1. The minimum absolute atomic E-state index is 0.336. The molecule has 0 aromatic heterocycles. The maximum Gasteiger partial charge on any atom is 0.378 e. The van der Waals surface area contributed by atoms with Gasteiger partial charge in [0.2, 0.25) is 0 Å². The summed E-state index contributed by atoms with van der Waals surface area (Å²) in [4.78, 5) is 21.0. The fraction of sp³-hybridized carbons (Fsp3) is 0.625. The van der Waals surface area contributed by atoms with E-state index in [0.29, 0.717) is 6.42 Å². The Morgan fingerprint density at radius 3 is 2.08 bits per heavy atom. The highest BCUT2D eigenvalue weighted by Gasteiger charge is 2.30. The molecule has 12 heavy (non-hydrogen) atoms. The van der Waals surface area contributed by atoms with Crippen molar-refractivity contribution in [1.29, 1.82) is 5.41 Å². The fourth-order valence-corrected chi connectivity index (χ4v) is 0.591. The molecule has 0 amide bonds. The Morgan fingerprint density at radius 2 is 1.83 bits per heavy atom. The van der Waals surface area contributed by atoms with Gasteiger partial charge in [-0.3, -0.25) is 4.79 Å². The third-order valence-electron chi connectivity index (χ3n) is 1.98. The number of hydrogen-bond acceptors (Lipinski definition) is 3. The van der Waals surface area contributed by atoms with E-state index in [2.05, 4.69) is 0 Å². The second-order valence-electron chi connectivity index (χ2n) is 3.25. The molecule has 0 fully saturated rings. The highest BCUT2D eigenvalue weighted by molar-refractivity contribution is 6.63. The van der Waals surface area contributed by atoms with Crippen molar-refractivity contribution in [2.24, 2.45) is 5.41 Å². The number of hydrogen-bond donors (Lipinski definition) is 2. The number of Topliss-reactive ketones (excluding diaryl/α,β-unsaturated/α-hetero) is 1. The Hall–Kier alpha value is -1.19. The lowest BCUT2D eigenvalue weighted by Gasteiger charge is -2.21. The van der Waals surface area contributed by atoms with E-state index in [4.69, 9.17) is 10.5 Å². The van der Waals surface area contributed by atoms with E-state index in [-0.39, 0.29) is 5.71 Å². The number of carboxylic acids is 1. The van der Waals surface area contributed by atoms with Crippen LogP contribution in [-0.4, -0.2) is 22.6 Å². The maximum absolute atomic E-state index is 10.8. The summed E-state index contributed by atoms with van der Waals surface area (Å²) in [5, 5.41) is 15.6. The Morgan fingerprint density at radius 1 is 1.42 bits per heavy atom. The van der Waals surface area contributed by atoms with Crippen molar-refractivity contribution in [3.63, 3.8) is 0 Å². The molecule has 0 aliphatic carbocycles. The zero-order valence-electron chi connectivity index (χ0n) is 7.47. The summed E-state index contributed by atoms with van der Waals surface area (Å²) in [6.07, 6.45) is 0.574. The van der Waals surface area contributed by atoms with E-state index < -0.39 is 17.2 Å². The first-order chi connectivity index (χ1) is 5.33. The van der Waals surface area contributed by atoms with Gasteiger partial charge < -0.3 is 10.5 Å². The van der Waals surface area contributed by atoms with Crippen molar-refractivity contribution < 1.29 is 14.7 Å². The third kappa shape index (κ3) is 2.15. The SMILES string of the molecule is CCC(C)(C)C(=N)C(=O)C(=O)O. The molecule has 0 aliphatic rings. The van der Waals surface area contributed by atoms with E-state index in [1.54, 1.807) is 13.8 Å². The second-order valence-corrected chi connectivity index (χ2v) is 3.25. The van der Waals surface area contributed by atoms with Crippen molar-refractivity contribution in [2.75, 3.05) is 0 Å². The summed E-state index contributed by atoms with van der Waals surface area (Å²) in [7, 11) is 0. The first kappa shape index (κ1) is 10.8. The fourth-order valence-electron chi connectivity index (χ4n) is 0.591. The van der Waals surface area contributed by atoms with Gasteiger partial charge in [-0.2, -0.15) is 0 Å². The van der Waals surface area contributed by atoms with Gasteiger partial charge in [0, 0.05) is 5.41 Å². The van der Waals surface area contributed by atoms with Crippen LogP contribution in [0, 0.1) is 10.8 Å². The summed E-state index contributed by atoms with van der Waals surface area (Å²) < 4.78 is 0. The molecule has 0 rings (SSSR count). The molecule has 4 nitrogen and oxygen atoms in total. The van der Waals surface area contributed by atoms with E-state index >= 15 is 0 Å². The molecule has 0 heterocycles. The highest BCUT2D eigenvalue weighted by atomic mass is 16.4. The van der Waals surface area contributed by atoms with Crippen molar-refractivity contribution >= 4 is 17.5 Å². The predicted molar refractivity (Wildman–Crippen MR) is 44.4 cm³/mol. The van der Waals surface area contributed by atoms with Crippen LogP contribution in [0.4, 0.5) is 0 Å². The van der Waals surface area contributed by atoms with Crippen molar-refractivity contribution in [2.45, 2.75) is 27.2 Å². The van der Waals surface area contributed by atoms with Crippen LogP contribution < -0.4 is 0 Å². The quantitative estimate of drug-likeness (QED) is 0.491. The predicted octanol–water partition coefficient (Wildman–Crippen LogP) is 1.10. The lowest BCUT2D eigenvalue weighted by molar-refractivity contribution is -0.146. The van der Waals surface area contributed by atoms with Crippen molar-refractivity contribution in [3.05, 3.63) is 0 Å². The minimum Gasteiger partial charge on any atom is -0.475 e. The summed E-state index contributed by atoms with van der Waals surface area (Å²) in [6.45, 7) is 5.16. The topological polar surface area (TPSA) is 78.2 Å². The molecule has 0 unspecified atom stereocenters. The van der Waals surface area contributed by atoms with Crippen LogP contribution in [0.15, 0.2) is 0 Å². The lowest BCUT2D eigenvalue weighted by atomic mass is 9.83. The smallest absolute Gasteiger partial charge is 0.378 e. The average Bonchev–Trinajstić information content (AvgIpc) is 2.01. The van der Waals surface area contributed by atoms with Gasteiger partial charge in [0.25, 0.3) is 5.78 Å². The second kappa shape index (κ2) is 3.47. The maximum atomic E-state index is 10.8. The van der Waals surface area contributed by atoms with Gasteiger partial charge in [-0.1, -0.05) is 20.8 Å². The Bertz CT molecular complexity index is 230. The number of carbonyl (C=O) groups is 2. The molecule has 0 saturated heterocycles. The normalized spacial score (nSPS) is 10.9. The standard InChI is InChI=1S/C8H13NO3/c1-4-8(2,3)6(9)5(10)7(11)12/h9H,4H2,1-3H3,(H,11,12). The number of rotatable bonds is 4. The minimum atomic E-state index is -1.55. The summed E-state index contributed by atoms with van der Waals surface area (Å²) in [5.74, 6) is -2.66. The Labute approximate surface area is 71.1 Å². The molecule has 0 radical (unpaired) electrons. The molecule has 4 heteroatoms. The van der Waals surface area contributed by atoms with E-state index in [1.165, 1.54) is 0 Å². The highest BCUT2D eigenvalue weighted by Crippen LogP contribution is 2.21. The molecule has 0 saturated carbocycles. The molecule has 0 aromatic carbocycles. The third-order valence-corrected chi connectivity index (χ3v) is 1.98. The van der Waals surface area contributed by atoms with E-state index in [9.17, 15) is 9.59 Å². The van der Waals surface area contributed by atoms with Gasteiger partial charge in [-0.05, 0) is 6.42 Å². The van der Waals surface area contributed by atoms with E-state index in [1.807, 2.05) is 6.92 Å². The van der Waals surface area contributed by atoms with Crippen LogP contribution in [0.2, 0.25) is 0 Å². The zero-order chi connectivity index (χ0) is 9.94. The first-order valence-electron chi connectivity index (χ1n) is 3.69. The van der Waals surface area contributed by atoms with Gasteiger partial charge in [0.1, 0.15) is 0 Å². The van der Waals surface area contributed by atoms with Crippen LogP contribution in [0.5, 0.6) is 0 Å². The largest absolute Gasteiger partial charge is 0.475 e. The van der Waals surface area contributed by atoms with Crippen molar-refractivity contribution in [3.8, 4) is 0 Å². The Balaban J connectivity index is 4.62. The Kier molecular flexibility index (Phi) is 3.13. The van der Waals surface area contributed by atoms with Crippen LogP contribution in [0.25, 0.3) is 0 Å². The van der Waals surface area contributed by atoms with Crippen LogP contribution in [0.3, 0.4) is 0 Å². The van der Waals surface area contributed by atoms with Crippen LogP contribution in [0.1, 0.15) is 27.2 Å². The molecule has 0 aromatic rings. The molecule has 0 spiro atoms. The van der Waals surface area contributed by atoms with Crippen LogP contribution in [-0.2, 0) is 9.59 Å². The van der Waals surface area contributed by atoms with Crippen molar-refractivity contribution in [1.82, 2.24) is 0 Å². The summed E-state index contributed by atoms with van der Waals surface area (Å²) >= 11 is 0. The van der Waals surface area contributed by atoms with Crippen LogP contribution >= 0.6 is 0 Å². The molecule has 2 N–H and O–H groups in total. The lowest BCUT2D eigenvalue weighted by Crippen LogP contribution is -2.34. The first-order valence-corrected chi connectivity index (χ1v) is 3.69. The number of carbonyl (C=O) groups excluding carboxylic acids is 1. The number of nitrogens with one attached hydrogen (secondary N) is 1. The molecule has 0 bridgehead atoms. The molecule has 0 atom stereocenters. The summed E-state index contributed by atoms with van der Waals surface area (Å²) in [6, 6.07) is 0. The zero-order valence-corrected chi connectivity index (χ0v) is 7.47. The van der Waals surface area contributed by atoms with Gasteiger partial charge in [-0.25, -0.2) is 4.79 Å². The van der Waals surface area contributed by atoms with Gasteiger partial charge in [0.15, 0.2) is 0 Å². The van der Waals surface area contributed by atoms with Gasteiger partial charge >= 0.3 is 5.97 Å². The molecular formula is C8H13NO3. The number of aliphatic carboxylic acids is 1. The van der Waals surface area contributed by atoms with Gasteiger partial charge in [-0.15, -0.1) is 0 Å². The van der Waals surface area contributed by atoms with E-state index in [0.717, 1.165) is 0 Å². The monoisotopic (exact) mass is 171 g/mol. The van der Waals surface area contributed by atoms with Gasteiger partial charge in [0.05, 0.1) is 5.71 Å². The molecule has 0 aliphatic heterocycles. The number of ketones is 1. The summed E-state index contributed by atoms with van der Waals surface area (Å²) in [5.41, 5.74) is -0.979. The molecule has 68 valence electrons. The average molecular weight is 171 g/mol.